The summed E-state index contributed by atoms with van der Waals surface area (Å²) in [5, 5.41) is 6.12. The third kappa shape index (κ3) is 3.31. The van der Waals surface area contributed by atoms with Crippen molar-refractivity contribution in [3.63, 3.8) is 0 Å². The van der Waals surface area contributed by atoms with E-state index in [1.807, 2.05) is 0 Å². The Hall–Kier alpha value is -0.910. The average molecular weight is 305 g/mol. The monoisotopic (exact) mass is 304 g/mol. The summed E-state index contributed by atoms with van der Waals surface area (Å²) in [6, 6.07) is 4.32. The molecule has 0 aromatic heterocycles. The van der Waals surface area contributed by atoms with Crippen LogP contribution in [0.2, 0.25) is 10.0 Å². The molecule has 7 heteroatoms. The molecular formula is C11H10Cl2N2O2S. The number of carbonyl (C=O) groups is 2. The molecule has 1 aliphatic rings. The molecule has 1 aromatic carbocycles. The van der Waals surface area contributed by atoms with Gasteiger partial charge in [-0.3, -0.25) is 9.59 Å². The molecule has 2 amide bonds. The molecule has 1 aliphatic heterocycles. The van der Waals surface area contributed by atoms with Crippen molar-refractivity contribution < 1.29 is 9.59 Å². The van der Waals surface area contributed by atoms with E-state index in [1.165, 1.54) is 11.8 Å². The predicted molar refractivity (Wildman–Crippen MR) is 74.3 cm³/mol. The molecule has 0 aliphatic carbocycles. The quantitative estimate of drug-likeness (QED) is 0.880. The van der Waals surface area contributed by atoms with E-state index in [0.29, 0.717) is 27.2 Å². The van der Waals surface area contributed by atoms with E-state index in [0.717, 1.165) is 0 Å². The highest BCUT2D eigenvalue weighted by Gasteiger charge is 2.25. The van der Waals surface area contributed by atoms with Crippen LogP contribution in [0.4, 0.5) is 5.69 Å². The maximum atomic E-state index is 11.9. The van der Waals surface area contributed by atoms with Crippen LogP contribution in [-0.4, -0.2) is 29.4 Å². The summed E-state index contributed by atoms with van der Waals surface area (Å²) in [7, 11) is 0. The number of hydrogen-bond acceptors (Lipinski definition) is 3. The zero-order valence-electron chi connectivity index (χ0n) is 9.20. The van der Waals surface area contributed by atoms with Gasteiger partial charge in [-0.05, 0) is 18.2 Å². The van der Waals surface area contributed by atoms with E-state index >= 15 is 0 Å². The van der Waals surface area contributed by atoms with Crippen LogP contribution in [0.25, 0.3) is 0 Å². The van der Waals surface area contributed by atoms with Crippen LogP contribution in [-0.2, 0) is 9.59 Å². The van der Waals surface area contributed by atoms with Gasteiger partial charge in [-0.1, -0.05) is 23.2 Å². The van der Waals surface area contributed by atoms with Gasteiger partial charge in [-0.25, -0.2) is 0 Å². The first-order valence-corrected chi connectivity index (χ1v) is 7.10. The molecule has 2 N–H and O–H groups in total. The van der Waals surface area contributed by atoms with Crippen LogP contribution in [0.1, 0.15) is 0 Å². The third-order valence-corrected chi connectivity index (χ3v) is 4.13. The number of benzene rings is 1. The van der Waals surface area contributed by atoms with Gasteiger partial charge in [-0.15, -0.1) is 11.8 Å². The third-order valence-electron chi connectivity index (χ3n) is 2.36. The van der Waals surface area contributed by atoms with E-state index < -0.39 is 6.04 Å². The summed E-state index contributed by atoms with van der Waals surface area (Å²) in [6.45, 7) is 0. The van der Waals surface area contributed by atoms with Crippen molar-refractivity contribution in [3.8, 4) is 0 Å². The van der Waals surface area contributed by atoms with Crippen molar-refractivity contribution in [3.05, 3.63) is 28.2 Å². The minimum absolute atomic E-state index is 0.125. The Morgan fingerprint density at radius 2 is 2.17 bits per heavy atom. The average Bonchev–Trinajstić information content (AvgIpc) is 2.34. The number of thioether (sulfide) groups is 1. The van der Waals surface area contributed by atoms with Crippen molar-refractivity contribution in [1.29, 1.82) is 0 Å². The molecule has 1 heterocycles. The van der Waals surface area contributed by atoms with Crippen LogP contribution in [0.5, 0.6) is 0 Å². The summed E-state index contributed by atoms with van der Waals surface area (Å²) in [4.78, 5) is 23.1. The summed E-state index contributed by atoms with van der Waals surface area (Å²) in [5.41, 5.74) is 0.555. The number of halogens is 2. The van der Waals surface area contributed by atoms with Crippen molar-refractivity contribution in [2.75, 3.05) is 16.8 Å². The second kappa shape index (κ2) is 5.82. The smallest absolute Gasteiger partial charge is 0.247 e. The Balaban J connectivity index is 2.02. The number of carbonyl (C=O) groups excluding carboxylic acids is 2. The number of rotatable bonds is 2. The lowest BCUT2D eigenvalue weighted by molar-refractivity contribution is -0.124. The van der Waals surface area contributed by atoms with Gasteiger partial charge in [-0.2, -0.15) is 0 Å². The van der Waals surface area contributed by atoms with Crippen LogP contribution in [0.15, 0.2) is 18.2 Å². The van der Waals surface area contributed by atoms with Crippen LogP contribution in [0.3, 0.4) is 0 Å². The highest BCUT2D eigenvalue weighted by atomic mass is 35.5. The van der Waals surface area contributed by atoms with Gasteiger partial charge < -0.3 is 10.6 Å². The Labute approximate surface area is 118 Å². The standard InChI is InChI=1S/C11H10Cl2N2O2S/c12-7-2-1-6(3-8(7)13)14-11(17)9-4-18-5-10(16)15-9/h1-3,9H,4-5H2,(H,14,17)(H,15,16). The zero-order valence-corrected chi connectivity index (χ0v) is 11.5. The molecule has 96 valence electrons. The molecule has 18 heavy (non-hydrogen) atoms. The molecule has 0 radical (unpaired) electrons. The number of nitrogens with one attached hydrogen (secondary N) is 2. The Kier molecular flexibility index (Phi) is 4.37. The number of hydrogen-bond donors (Lipinski definition) is 2. The fourth-order valence-electron chi connectivity index (χ4n) is 1.49. The lowest BCUT2D eigenvalue weighted by Crippen LogP contribution is -2.49. The first-order valence-electron chi connectivity index (χ1n) is 5.19. The van der Waals surface area contributed by atoms with Crippen LogP contribution in [0, 0.1) is 0 Å². The van der Waals surface area contributed by atoms with E-state index in [-0.39, 0.29) is 11.8 Å². The zero-order chi connectivity index (χ0) is 13.1. The molecule has 0 spiro atoms. The lowest BCUT2D eigenvalue weighted by atomic mass is 10.2. The van der Waals surface area contributed by atoms with E-state index in [2.05, 4.69) is 10.6 Å². The molecule has 1 unspecified atom stereocenters. The fraction of sp³-hybridized carbons (Fsp3) is 0.273. The van der Waals surface area contributed by atoms with E-state index in [4.69, 9.17) is 23.2 Å². The van der Waals surface area contributed by atoms with Gasteiger partial charge in [0.05, 0.1) is 15.8 Å². The van der Waals surface area contributed by atoms with Crippen molar-refractivity contribution in [2.24, 2.45) is 0 Å². The number of amides is 2. The molecule has 1 fully saturated rings. The van der Waals surface area contributed by atoms with Crippen molar-refractivity contribution >= 4 is 52.5 Å². The highest BCUT2D eigenvalue weighted by molar-refractivity contribution is 8.00. The fourth-order valence-corrected chi connectivity index (χ4v) is 2.65. The summed E-state index contributed by atoms with van der Waals surface area (Å²) in [5.74, 6) is 0.588. The summed E-state index contributed by atoms with van der Waals surface area (Å²) < 4.78 is 0. The largest absolute Gasteiger partial charge is 0.343 e. The summed E-state index contributed by atoms with van der Waals surface area (Å²) >= 11 is 13.1. The minimum Gasteiger partial charge on any atom is -0.343 e. The maximum absolute atomic E-state index is 11.9. The van der Waals surface area contributed by atoms with Gasteiger partial charge in [0.25, 0.3) is 0 Å². The Morgan fingerprint density at radius 1 is 1.39 bits per heavy atom. The second-order valence-corrected chi connectivity index (χ2v) is 5.60. The Bertz CT molecular complexity index is 496. The van der Waals surface area contributed by atoms with Gasteiger partial charge in [0, 0.05) is 11.4 Å². The minimum atomic E-state index is -0.509. The van der Waals surface area contributed by atoms with Gasteiger partial charge in [0.2, 0.25) is 11.8 Å². The SMILES string of the molecule is O=C1CSCC(C(=O)Nc2ccc(Cl)c(Cl)c2)N1. The maximum Gasteiger partial charge on any atom is 0.247 e. The molecular weight excluding hydrogens is 295 g/mol. The Morgan fingerprint density at radius 3 is 2.83 bits per heavy atom. The van der Waals surface area contributed by atoms with E-state index in [9.17, 15) is 9.59 Å². The number of anilines is 1. The molecule has 1 aromatic rings. The van der Waals surface area contributed by atoms with Crippen molar-refractivity contribution in [2.45, 2.75) is 6.04 Å². The topological polar surface area (TPSA) is 58.2 Å². The molecule has 2 rings (SSSR count). The van der Waals surface area contributed by atoms with Gasteiger partial charge in [0.15, 0.2) is 0 Å². The van der Waals surface area contributed by atoms with Gasteiger partial charge in [0.1, 0.15) is 6.04 Å². The van der Waals surface area contributed by atoms with E-state index in [1.54, 1.807) is 18.2 Å². The van der Waals surface area contributed by atoms with Crippen molar-refractivity contribution in [1.82, 2.24) is 5.32 Å². The lowest BCUT2D eigenvalue weighted by Gasteiger charge is -2.22. The normalized spacial score (nSPS) is 19.2. The van der Waals surface area contributed by atoms with Crippen LogP contribution >= 0.6 is 35.0 Å². The first kappa shape index (κ1) is 13.5. The molecule has 4 nitrogen and oxygen atoms in total. The first-order chi connectivity index (χ1) is 8.56. The molecule has 1 saturated heterocycles. The second-order valence-electron chi connectivity index (χ2n) is 3.75. The molecule has 1 atom stereocenters. The predicted octanol–water partition coefficient (Wildman–Crippen LogP) is 2.16. The van der Waals surface area contributed by atoms with Crippen LogP contribution < -0.4 is 10.6 Å². The molecule has 0 saturated carbocycles. The molecule has 0 bridgehead atoms. The summed E-state index contributed by atoms with van der Waals surface area (Å²) in [6.07, 6.45) is 0. The highest BCUT2D eigenvalue weighted by Crippen LogP contribution is 2.25. The van der Waals surface area contributed by atoms with Gasteiger partial charge >= 0.3 is 0 Å².